The van der Waals surface area contributed by atoms with E-state index in [0.29, 0.717) is 5.92 Å². The second kappa shape index (κ2) is 3.91. The van der Waals surface area contributed by atoms with E-state index in [0.717, 1.165) is 42.5 Å². The smallest absolute Gasteiger partial charge is 0.134 e. The quantitative estimate of drug-likeness (QED) is 0.797. The van der Waals surface area contributed by atoms with Gasteiger partial charge in [0, 0.05) is 10.9 Å². The SMILES string of the molecule is Fc1ccc2occc2c1C1CCNCC1. The van der Waals surface area contributed by atoms with Crippen molar-refractivity contribution in [2.75, 3.05) is 13.1 Å². The number of fused-ring (bicyclic) bond motifs is 1. The van der Waals surface area contributed by atoms with Crippen LogP contribution in [0.5, 0.6) is 0 Å². The van der Waals surface area contributed by atoms with Gasteiger partial charge in [-0.3, -0.25) is 0 Å². The Morgan fingerprint density at radius 1 is 1.19 bits per heavy atom. The second-order valence-electron chi connectivity index (χ2n) is 4.32. The lowest BCUT2D eigenvalue weighted by Crippen LogP contribution is -2.27. The van der Waals surface area contributed by atoms with E-state index in [-0.39, 0.29) is 5.82 Å². The molecule has 3 heteroatoms. The summed E-state index contributed by atoms with van der Waals surface area (Å²) in [5.41, 5.74) is 1.63. The number of hydrogen-bond acceptors (Lipinski definition) is 2. The highest BCUT2D eigenvalue weighted by atomic mass is 19.1. The van der Waals surface area contributed by atoms with Crippen LogP contribution in [0.4, 0.5) is 4.39 Å². The lowest BCUT2D eigenvalue weighted by atomic mass is 9.88. The molecule has 1 fully saturated rings. The zero-order valence-corrected chi connectivity index (χ0v) is 9.00. The van der Waals surface area contributed by atoms with Gasteiger partial charge in [-0.25, -0.2) is 4.39 Å². The number of furan rings is 1. The van der Waals surface area contributed by atoms with E-state index in [4.69, 9.17) is 4.42 Å². The fraction of sp³-hybridized carbons (Fsp3) is 0.385. The average molecular weight is 219 g/mol. The summed E-state index contributed by atoms with van der Waals surface area (Å²) in [7, 11) is 0. The number of rotatable bonds is 1. The van der Waals surface area contributed by atoms with Crippen molar-refractivity contribution in [2.45, 2.75) is 18.8 Å². The van der Waals surface area contributed by atoms with Crippen LogP contribution in [0.15, 0.2) is 28.9 Å². The first-order valence-corrected chi connectivity index (χ1v) is 5.72. The van der Waals surface area contributed by atoms with Crippen LogP contribution in [0, 0.1) is 5.82 Å². The molecule has 1 aromatic heterocycles. The molecule has 0 radical (unpaired) electrons. The van der Waals surface area contributed by atoms with Crippen molar-refractivity contribution >= 4 is 11.0 Å². The van der Waals surface area contributed by atoms with Crippen LogP contribution in [-0.4, -0.2) is 13.1 Å². The molecule has 0 spiro atoms. The number of nitrogens with one attached hydrogen (secondary N) is 1. The van der Waals surface area contributed by atoms with Crippen LogP contribution in [0.25, 0.3) is 11.0 Å². The average Bonchev–Trinajstić information content (AvgIpc) is 2.78. The third kappa shape index (κ3) is 1.52. The molecule has 0 unspecified atom stereocenters. The highest BCUT2D eigenvalue weighted by molar-refractivity contribution is 5.81. The number of piperidine rings is 1. The maximum Gasteiger partial charge on any atom is 0.134 e. The lowest BCUT2D eigenvalue weighted by molar-refractivity contribution is 0.447. The lowest BCUT2D eigenvalue weighted by Gasteiger charge is -2.23. The third-order valence-electron chi connectivity index (χ3n) is 3.37. The first-order chi connectivity index (χ1) is 7.86. The molecule has 0 saturated carbocycles. The summed E-state index contributed by atoms with van der Waals surface area (Å²) in [5, 5.41) is 4.24. The second-order valence-corrected chi connectivity index (χ2v) is 4.32. The van der Waals surface area contributed by atoms with E-state index in [1.165, 1.54) is 6.07 Å². The largest absolute Gasteiger partial charge is 0.464 e. The van der Waals surface area contributed by atoms with E-state index in [1.807, 2.05) is 6.07 Å². The van der Waals surface area contributed by atoms with E-state index in [2.05, 4.69) is 5.32 Å². The summed E-state index contributed by atoms with van der Waals surface area (Å²) in [6.45, 7) is 1.94. The standard InChI is InChI=1S/C13H14FNO/c14-11-1-2-12-10(5-8-16-12)13(11)9-3-6-15-7-4-9/h1-2,5,8-9,15H,3-4,6-7H2. The van der Waals surface area contributed by atoms with Crippen LogP contribution in [0.1, 0.15) is 24.3 Å². The van der Waals surface area contributed by atoms with E-state index in [9.17, 15) is 4.39 Å². The number of benzene rings is 1. The van der Waals surface area contributed by atoms with E-state index >= 15 is 0 Å². The summed E-state index contributed by atoms with van der Waals surface area (Å²) in [5.74, 6) is 0.225. The molecule has 1 N–H and O–H groups in total. The van der Waals surface area contributed by atoms with Crippen molar-refractivity contribution in [2.24, 2.45) is 0 Å². The molecule has 16 heavy (non-hydrogen) atoms. The van der Waals surface area contributed by atoms with Gasteiger partial charge >= 0.3 is 0 Å². The molecule has 3 rings (SSSR count). The molecular weight excluding hydrogens is 205 g/mol. The molecular formula is C13H14FNO. The van der Waals surface area contributed by atoms with Gasteiger partial charge in [0.15, 0.2) is 0 Å². The maximum absolute atomic E-state index is 13.9. The van der Waals surface area contributed by atoms with Gasteiger partial charge < -0.3 is 9.73 Å². The Hall–Kier alpha value is -1.35. The molecule has 1 aliphatic heterocycles. The number of halogens is 1. The summed E-state index contributed by atoms with van der Waals surface area (Å²) < 4.78 is 19.2. The van der Waals surface area contributed by atoms with Crippen molar-refractivity contribution < 1.29 is 8.81 Å². The minimum Gasteiger partial charge on any atom is -0.464 e. The Morgan fingerprint density at radius 2 is 2.00 bits per heavy atom. The molecule has 1 saturated heterocycles. The summed E-state index contributed by atoms with van der Waals surface area (Å²) in [6, 6.07) is 5.09. The maximum atomic E-state index is 13.9. The summed E-state index contributed by atoms with van der Waals surface area (Å²) in [6.07, 6.45) is 3.64. The molecule has 0 atom stereocenters. The van der Waals surface area contributed by atoms with Crippen molar-refractivity contribution in [1.29, 1.82) is 0 Å². The van der Waals surface area contributed by atoms with Gasteiger partial charge in [-0.2, -0.15) is 0 Å². The topological polar surface area (TPSA) is 25.2 Å². The molecule has 1 aliphatic rings. The van der Waals surface area contributed by atoms with Crippen molar-refractivity contribution in [3.05, 3.63) is 35.8 Å². The molecule has 0 amide bonds. The van der Waals surface area contributed by atoms with Crippen LogP contribution in [-0.2, 0) is 0 Å². The minimum atomic E-state index is -0.0965. The van der Waals surface area contributed by atoms with Crippen LogP contribution in [0.3, 0.4) is 0 Å². The highest BCUT2D eigenvalue weighted by Gasteiger charge is 2.21. The third-order valence-corrected chi connectivity index (χ3v) is 3.37. The minimum absolute atomic E-state index is 0.0965. The summed E-state index contributed by atoms with van der Waals surface area (Å²) >= 11 is 0. The first kappa shape index (κ1) is 9.85. The van der Waals surface area contributed by atoms with Gasteiger partial charge in [0.25, 0.3) is 0 Å². The molecule has 0 bridgehead atoms. The molecule has 2 heterocycles. The Kier molecular flexibility index (Phi) is 2.40. The predicted octanol–water partition coefficient (Wildman–Crippen LogP) is 3.04. The monoisotopic (exact) mass is 219 g/mol. The summed E-state index contributed by atoms with van der Waals surface area (Å²) in [4.78, 5) is 0. The molecule has 2 aromatic rings. The Labute approximate surface area is 93.4 Å². The molecule has 0 aliphatic carbocycles. The molecule has 1 aromatic carbocycles. The Bertz CT molecular complexity index is 500. The first-order valence-electron chi connectivity index (χ1n) is 5.72. The fourth-order valence-corrected chi connectivity index (χ4v) is 2.57. The van der Waals surface area contributed by atoms with Crippen LogP contribution in [0.2, 0.25) is 0 Å². The van der Waals surface area contributed by atoms with Crippen molar-refractivity contribution in [3.63, 3.8) is 0 Å². The van der Waals surface area contributed by atoms with Gasteiger partial charge in [-0.1, -0.05) is 0 Å². The van der Waals surface area contributed by atoms with Crippen LogP contribution >= 0.6 is 0 Å². The van der Waals surface area contributed by atoms with Gasteiger partial charge in [0.2, 0.25) is 0 Å². The fourth-order valence-electron chi connectivity index (χ4n) is 2.57. The highest BCUT2D eigenvalue weighted by Crippen LogP contribution is 2.33. The Morgan fingerprint density at radius 3 is 2.81 bits per heavy atom. The van der Waals surface area contributed by atoms with Gasteiger partial charge in [0.05, 0.1) is 6.26 Å². The normalized spacial score (nSPS) is 18.1. The molecule has 2 nitrogen and oxygen atoms in total. The number of hydrogen-bond donors (Lipinski definition) is 1. The van der Waals surface area contributed by atoms with Gasteiger partial charge in [0.1, 0.15) is 11.4 Å². The van der Waals surface area contributed by atoms with E-state index < -0.39 is 0 Å². The Balaban J connectivity index is 2.12. The zero-order valence-electron chi connectivity index (χ0n) is 9.00. The zero-order chi connectivity index (χ0) is 11.0. The van der Waals surface area contributed by atoms with Crippen molar-refractivity contribution in [1.82, 2.24) is 5.32 Å². The molecule has 84 valence electrons. The van der Waals surface area contributed by atoms with E-state index in [1.54, 1.807) is 12.3 Å². The van der Waals surface area contributed by atoms with Crippen LogP contribution < -0.4 is 5.32 Å². The predicted molar refractivity (Wildman–Crippen MR) is 61.0 cm³/mol. The van der Waals surface area contributed by atoms with Gasteiger partial charge in [-0.05, 0) is 50.0 Å². The van der Waals surface area contributed by atoms with Gasteiger partial charge in [-0.15, -0.1) is 0 Å². The van der Waals surface area contributed by atoms with Crippen molar-refractivity contribution in [3.8, 4) is 0 Å².